The Morgan fingerprint density at radius 2 is 2.10 bits per heavy atom. The molecule has 1 N–H and O–H groups in total. The minimum Gasteiger partial charge on any atom is -0.467 e. The van der Waals surface area contributed by atoms with Crippen molar-refractivity contribution in [1.82, 2.24) is 15.2 Å². The fraction of sp³-hybridized carbons (Fsp3) is 0.333. The molecule has 2 aliphatic rings. The van der Waals surface area contributed by atoms with Crippen molar-refractivity contribution < 1.29 is 9.21 Å². The second kappa shape index (κ2) is 8.23. The van der Waals surface area contributed by atoms with E-state index < -0.39 is 0 Å². The maximum absolute atomic E-state index is 13.0. The van der Waals surface area contributed by atoms with Gasteiger partial charge in [0.2, 0.25) is 5.13 Å². The second-order valence-electron chi connectivity index (χ2n) is 7.47. The molecule has 7 nitrogen and oxygen atoms in total. The fourth-order valence-corrected chi connectivity index (χ4v) is 4.96. The van der Waals surface area contributed by atoms with Crippen LogP contribution >= 0.6 is 23.1 Å². The summed E-state index contributed by atoms with van der Waals surface area (Å²) in [5.41, 5.74) is 3.11. The topological polar surface area (TPSA) is 83.6 Å². The van der Waals surface area contributed by atoms with Crippen molar-refractivity contribution in [1.29, 1.82) is 0 Å². The number of carbonyl (C=O) groups excluding carboxylic acids is 1. The highest BCUT2D eigenvalue weighted by molar-refractivity contribution is 8.01. The van der Waals surface area contributed by atoms with E-state index in [9.17, 15) is 4.79 Å². The lowest BCUT2D eigenvalue weighted by molar-refractivity contribution is -0.130. The molecule has 1 fully saturated rings. The van der Waals surface area contributed by atoms with Crippen LogP contribution in [0.4, 0.5) is 5.13 Å². The summed E-state index contributed by atoms with van der Waals surface area (Å²) in [6.07, 6.45) is 4.63. The lowest BCUT2D eigenvalue weighted by Gasteiger charge is -2.19. The van der Waals surface area contributed by atoms with Gasteiger partial charge in [0.1, 0.15) is 11.8 Å². The van der Waals surface area contributed by atoms with Gasteiger partial charge in [-0.15, -0.1) is 10.2 Å². The first kappa shape index (κ1) is 19.3. The Bertz CT molecular complexity index is 1060. The zero-order chi connectivity index (χ0) is 20.5. The maximum atomic E-state index is 13.0. The van der Waals surface area contributed by atoms with Crippen molar-refractivity contribution >= 4 is 39.8 Å². The van der Waals surface area contributed by atoms with Crippen LogP contribution in [0.5, 0.6) is 0 Å². The quantitative estimate of drug-likeness (QED) is 0.547. The number of nitrogens with zero attached hydrogens (tertiary/aromatic N) is 4. The minimum absolute atomic E-state index is 0.0737. The third-order valence-corrected chi connectivity index (χ3v) is 7.03. The molecule has 154 valence electrons. The molecule has 0 spiro atoms. The second-order valence-corrected chi connectivity index (χ2v) is 9.67. The zero-order valence-electron chi connectivity index (χ0n) is 16.4. The average molecular weight is 440 g/mol. The predicted octanol–water partition coefficient (Wildman–Crippen LogP) is 4.48. The molecule has 1 amide bonds. The fourth-order valence-electron chi connectivity index (χ4n) is 3.28. The van der Waals surface area contributed by atoms with Crippen LogP contribution in [0.1, 0.15) is 42.2 Å². The van der Waals surface area contributed by atoms with Gasteiger partial charge in [-0.3, -0.25) is 4.79 Å². The summed E-state index contributed by atoms with van der Waals surface area (Å²) in [4.78, 5) is 13.0. The van der Waals surface area contributed by atoms with Gasteiger partial charge in [-0.25, -0.2) is 5.01 Å². The van der Waals surface area contributed by atoms with E-state index >= 15 is 0 Å². The lowest BCUT2D eigenvalue weighted by atomic mass is 10.0. The van der Waals surface area contributed by atoms with Crippen LogP contribution in [-0.2, 0) is 4.79 Å². The van der Waals surface area contributed by atoms with Crippen LogP contribution in [-0.4, -0.2) is 38.6 Å². The highest BCUT2D eigenvalue weighted by atomic mass is 32.2. The first-order valence-corrected chi connectivity index (χ1v) is 11.7. The molecular formula is C21H21N5O2S2. The summed E-state index contributed by atoms with van der Waals surface area (Å²) in [6, 6.07) is 12.2. The van der Waals surface area contributed by atoms with Crippen molar-refractivity contribution in [2.75, 3.05) is 11.1 Å². The highest BCUT2D eigenvalue weighted by Crippen LogP contribution is 2.35. The van der Waals surface area contributed by atoms with E-state index in [1.165, 1.54) is 41.5 Å². The Morgan fingerprint density at radius 1 is 1.27 bits per heavy atom. The van der Waals surface area contributed by atoms with Crippen molar-refractivity contribution in [2.24, 2.45) is 5.10 Å². The molecule has 3 heterocycles. The summed E-state index contributed by atoms with van der Waals surface area (Å²) in [7, 11) is 0. The number of hydrogen-bond acceptors (Lipinski definition) is 8. The Hall–Kier alpha value is -2.65. The molecule has 5 rings (SSSR count). The molecular weight excluding hydrogens is 418 g/mol. The largest absolute Gasteiger partial charge is 0.467 e. The van der Waals surface area contributed by atoms with Gasteiger partial charge in [-0.1, -0.05) is 52.9 Å². The van der Waals surface area contributed by atoms with E-state index in [1.54, 1.807) is 11.3 Å². The van der Waals surface area contributed by atoms with E-state index in [0.717, 1.165) is 26.5 Å². The van der Waals surface area contributed by atoms with E-state index in [-0.39, 0.29) is 17.7 Å². The number of hydrogen-bond donors (Lipinski definition) is 1. The lowest BCUT2D eigenvalue weighted by Crippen LogP contribution is -2.28. The number of hydrazone groups is 1. The number of benzene rings is 1. The van der Waals surface area contributed by atoms with Crippen molar-refractivity contribution in [2.45, 2.75) is 42.6 Å². The molecule has 1 aliphatic heterocycles. The number of amides is 1. The Morgan fingerprint density at radius 3 is 2.83 bits per heavy atom. The summed E-state index contributed by atoms with van der Waals surface area (Å²) >= 11 is 2.88. The van der Waals surface area contributed by atoms with Crippen LogP contribution in [0.15, 0.2) is 56.5 Å². The first-order chi connectivity index (χ1) is 14.7. The first-order valence-electron chi connectivity index (χ1n) is 9.88. The van der Waals surface area contributed by atoms with Crippen LogP contribution in [0.3, 0.4) is 0 Å². The van der Waals surface area contributed by atoms with Gasteiger partial charge in [0.15, 0.2) is 4.34 Å². The number of carbonyl (C=O) groups is 1. The molecule has 1 saturated carbocycles. The third kappa shape index (κ3) is 4.27. The zero-order valence-corrected chi connectivity index (χ0v) is 18.1. The third-order valence-electron chi connectivity index (χ3n) is 5.05. The molecule has 1 atom stereocenters. The average Bonchev–Trinajstić information content (AvgIpc) is 3.17. The van der Waals surface area contributed by atoms with E-state index in [4.69, 9.17) is 4.42 Å². The van der Waals surface area contributed by atoms with Gasteiger partial charge in [0, 0.05) is 12.5 Å². The molecule has 0 radical (unpaired) electrons. The number of thioether (sulfide) groups is 1. The summed E-state index contributed by atoms with van der Waals surface area (Å²) < 4.78 is 6.39. The molecule has 30 heavy (non-hydrogen) atoms. The van der Waals surface area contributed by atoms with Gasteiger partial charge < -0.3 is 9.73 Å². The van der Waals surface area contributed by atoms with Crippen LogP contribution in [0, 0.1) is 6.92 Å². The number of rotatable bonds is 7. The SMILES string of the molecule is Cc1ccc(C2=NN(C(=O)CSc3nnc(NC4CC4)s3)[C@H](c3ccco3)C2)cc1. The summed E-state index contributed by atoms with van der Waals surface area (Å²) in [5, 5.41) is 18.7. The van der Waals surface area contributed by atoms with Crippen LogP contribution < -0.4 is 5.32 Å². The van der Waals surface area contributed by atoms with Gasteiger partial charge in [0.05, 0.1) is 17.7 Å². The van der Waals surface area contributed by atoms with E-state index in [1.807, 2.05) is 24.3 Å². The molecule has 2 aromatic heterocycles. The van der Waals surface area contributed by atoms with Gasteiger partial charge >= 0.3 is 0 Å². The molecule has 1 aliphatic carbocycles. The van der Waals surface area contributed by atoms with E-state index in [2.05, 4.69) is 39.7 Å². The van der Waals surface area contributed by atoms with Gasteiger partial charge in [-0.05, 0) is 37.5 Å². The van der Waals surface area contributed by atoms with Gasteiger partial charge in [0.25, 0.3) is 5.91 Å². The molecule has 0 saturated heterocycles. The number of aryl methyl sites for hydroxylation is 1. The number of nitrogens with one attached hydrogen (secondary N) is 1. The number of furan rings is 1. The number of anilines is 1. The molecule has 0 unspecified atom stereocenters. The smallest absolute Gasteiger partial charge is 0.253 e. The monoisotopic (exact) mass is 439 g/mol. The van der Waals surface area contributed by atoms with Crippen molar-refractivity contribution in [3.05, 3.63) is 59.5 Å². The molecule has 3 aromatic rings. The van der Waals surface area contributed by atoms with Crippen LogP contribution in [0.25, 0.3) is 0 Å². The summed E-state index contributed by atoms with van der Waals surface area (Å²) in [6.45, 7) is 2.05. The molecule has 9 heteroatoms. The standard InChI is InChI=1S/C21H21N5O2S2/c1-13-4-6-14(7-5-13)16-11-17(18-3-2-10-28-18)26(25-16)19(27)12-29-21-24-23-20(30-21)22-15-8-9-15/h2-7,10,15,17H,8-9,11-12H2,1H3,(H,22,23)/t17-/m0/s1. The molecule has 1 aromatic carbocycles. The van der Waals surface area contributed by atoms with Gasteiger partial charge in [-0.2, -0.15) is 5.10 Å². The maximum Gasteiger partial charge on any atom is 0.253 e. The van der Waals surface area contributed by atoms with E-state index in [0.29, 0.717) is 12.5 Å². The summed E-state index contributed by atoms with van der Waals surface area (Å²) in [5.74, 6) is 0.918. The Labute approximate surface area is 182 Å². The van der Waals surface area contributed by atoms with Crippen molar-refractivity contribution in [3.8, 4) is 0 Å². The Kier molecular flexibility index (Phi) is 5.30. The highest BCUT2D eigenvalue weighted by Gasteiger charge is 2.35. The number of aromatic nitrogens is 2. The normalized spacial score (nSPS) is 18.5. The van der Waals surface area contributed by atoms with Crippen molar-refractivity contribution in [3.63, 3.8) is 0 Å². The minimum atomic E-state index is -0.231. The van der Waals surface area contributed by atoms with Crippen LogP contribution in [0.2, 0.25) is 0 Å². The Balaban J connectivity index is 1.30. The molecule has 0 bridgehead atoms. The predicted molar refractivity (Wildman–Crippen MR) is 118 cm³/mol.